The monoisotopic (exact) mass is 328 g/mol. The maximum Gasteiger partial charge on any atom is 0.143 e. The summed E-state index contributed by atoms with van der Waals surface area (Å²) in [7, 11) is 0. The molecule has 0 aliphatic carbocycles. The maximum absolute atomic E-state index is 9.30. The van der Waals surface area contributed by atoms with Gasteiger partial charge in [0.2, 0.25) is 0 Å². The van der Waals surface area contributed by atoms with Gasteiger partial charge in [-0.2, -0.15) is 5.26 Å². The molecule has 1 aliphatic heterocycles. The Labute approximate surface area is 147 Å². The number of nitrogens with zero attached hydrogens (tertiary/aromatic N) is 4. The van der Waals surface area contributed by atoms with Gasteiger partial charge in [0.1, 0.15) is 11.8 Å². The van der Waals surface area contributed by atoms with Crippen LogP contribution in [0.2, 0.25) is 0 Å². The highest BCUT2D eigenvalue weighted by Gasteiger charge is 2.20. The van der Waals surface area contributed by atoms with E-state index in [1.807, 2.05) is 24.3 Å². The molecule has 1 aliphatic rings. The van der Waals surface area contributed by atoms with Crippen LogP contribution >= 0.6 is 0 Å². The van der Waals surface area contributed by atoms with E-state index >= 15 is 0 Å². The van der Waals surface area contributed by atoms with Crippen LogP contribution in [0.15, 0.2) is 54.6 Å². The molecule has 0 atom stereocenters. The molecule has 124 valence electrons. The number of fused-ring (bicyclic) bond motifs is 1. The highest BCUT2D eigenvalue weighted by atomic mass is 15.3. The number of aromatic nitrogens is 1. The molecule has 0 radical (unpaired) electrons. The highest BCUT2D eigenvalue weighted by Crippen LogP contribution is 2.28. The number of pyridine rings is 1. The van der Waals surface area contributed by atoms with E-state index in [1.54, 1.807) is 0 Å². The minimum Gasteiger partial charge on any atom is -0.368 e. The fourth-order valence-electron chi connectivity index (χ4n) is 3.51. The Balaban J connectivity index is 1.61. The van der Waals surface area contributed by atoms with Gasteiger partial charge in [-0.05, 0) is 36.8 Å². The van der Waals surface area contributed by atoms with Crippen molar-refractivity contribution in [3.8, 4) is 6.07 Å². The minimum absolute atomic E-state index is 0.481. The summed E-state index contributed by atoms with van der Waals surface area (Å²) in [6, 6.07) is 20.8. The molecule has 0 bridgehead atoms. The molecule has 4 nitrogen and oxygen atoms in total. The Morgan fingerprint density at radius 2 is 1.68 bits per heavy atom. The van der Waals surface area contributed by atoms with E-state index in [0.717, 1.165) is 42.8 Å². The van der Waals surface area contributed by atoms with Gasteiger partial charge in [-0.3, -0.25) is 0 Å². The summed E-state index contributed by atoms with van der Waals surface area (Å²) in [4.78, 5) is 9.22. The van der Waals surface area contributed by atoms with Crippen molar-refractivity contribution in [1.82, 2.24) is 4.98 Å². The van der Waals surface area contributed by atoms with Crippen LogP contribution in [-0.4, -0.2) is 31.2 Å². The quantitative estimate of drug-likeness (QED) is 0.719. The Hall–Kier alpha value is -3.06. The lowest BCUT2D eigenvalue weighted by molar-refractivity contribution is 0.654. The van der Waals surface area contributed by atoms with E-state index in [0.29, 0.717) is 5.69 Å². The van der Waals surface area contributed by atoms with Crippen LogP contribution in [0.25, 0.3) is 10.9 Å². The van der Waals surface area contributed by atoms with Crippen LogP contribution in [0.4, 0.5) is 11.4 Å². The molecular formula is C21H20N4. The Morgan fingerprint density at radius 1 is 0.920 bits per heavy atom. The second kappa shape index (κ2) is 6.45. The number of anilines is 2. The summed E-state index contributed by atoms with van der Waals surface area (Å²) in [6.45, 7) is 5.95. The predicted octanol–water partition coefficient (Wildman–Crippen LogP) is 3.74. The molecule has 1 aromatic heterocycles. The lowest BCUT2D eigenvalue weighted by Crippen LogP contribution is -2.46. The molecule has 2 heterocycles. The number of para-hydroxylation sites is 1. The van der Waals surface area contributed by atoms with Gasteiger partial charge in [0.05, 0.1) is 5.52 Å². The molecule has 4 rings (SSSR count). The van der Waals surface area contributed by atoms with Gasteiger partial charge < -0.3 is 9.80 Å². The van der Waals surface area contributed by atoms with Crippen LogP contribution in [0.5, 0.6) is 0 Å². The van der Waals surface area contributed by atoms with Gasteiger partial charge in [0.15, 0.2) is 0 Å². The molecule has 0 spiro atoms. The molecule has 0 amide bonds. The first-order valence-corrected chi connectivity index (χ1v) is 8.61. The zero-order valence-electron chi connectivity index (χ0n) is 14.3. The summed E-state index contributed by atoms with van der Waals surface area (Å²) in [6.07, 6.45) is 0. The van der Waals surface area contributed by atoms with Crippen molar-refractivity contribution in [2.24, 2.45) is 0 Å². The van der Waals surface area contributed by atoms with Gasteiger partial charge in [-0.15, -0.1) is 0 Å². The first kappa shape index (κ1) is 15.5. The van der Waals surface area contributed by atoms with E-state index in [4.69, 9.17) is 0 Å². The number of nitriles is 1. The number of rotatable bonds is 2. The third kappa shape index (κ3) is 3.01. The first-order valence-electron chi connectivity index (χ1n) is 8.61. The van der Waals surface area contributed by atoms with E-state index in [2.05, 4.69) is 58.1 Å². The van der Waals surface area contributed by atoms with Crippen molar-refractivity contribution in [3.05, 3.63) is 65.9 Å². The average molecular weight is 328 g/mol. The van der Waals surface area contributed by atoms with Gasteiger partial charge in [0, 0.05) is 42.9 Å². The molecule has 25 heavy (non-hydrogen) atoms. The molecule has 1 saturated heterocycles. The summed E-state index contributed by atoms with van der Waals surface area (Å²) < 4.78 is 0. The summed E-state index contributed by atoms with van der Waals surface area (Å²) in [5.74, 6) is 0. The Morgan fingerprint density at radius 3 is 2.44 bits per heavy atom. The van der Waals surface area contributed by atoms with Gasteiger partial charge in [0.25, 0.3) is 0 Å². The van der Waals surface area contributed by atoms with Crippen molar-refractivity contribution in [3.63, 3.8) is 0 Å². The van der Waals surface area contributed by atoms with E-state index in [1.165, 1.54) is 11.3 Å². The van der Waals surface area contributed by atoms with Gasteiger partial charge >= 0.3 is 0 Å². The molecular weight excluding hydrogens is 308 g/mol. The SMILES string of the molecule is Cc1cccc(N2CCN(c3cc(C#N)nc4ccccc34)CC2)c1. The zero-order chi connectivity index (χ0) is 17.2. The number of piperazine rings is 1. The second-order valence-corrected chi connectivity index (χ2v) is 6.47. The van der Waals surface area contributed by atoms with Gasteiger partial charge in [-0.1, -0.05) is 30.3 Å². The molecule has 0 saturated carbocycles. The number of hydrogen-bond donors (Lipinski definition) is 0. The Kier molecular flexibility index (Phi) is 3.99. The van der Waals surface area contributed by atoms with Crippen molar-refractivity contribution in [2.45, 2.75) is 6.92 Å². The normalized spacial score (nSPS) is 14.6. The van der Waals surface area contributed by atoms with Gasteiger partial charge in [-0.25, -0.2) is 4.98 Å². The summed E-state index contributed by atoms with van der Waals surface area (Å²) in [5.41, 5.74) is 5.06. The van der Waals surface area contributed by atoms with E-state index in [9.17, 15) is 5.26 Å². The smallest absolute Gasteiger partial charge is 0.143 e. The predicted molar refractivity (Wildman–Crippen MR) is 102 cm³/mol. The molecule has 0 N–H and O–H groups in total. The Bertz CT molecular complexity index is 950. The molecule has 1 fully saturated rings. The van der Waals surface area contributed by atoms with Crippen molar-refractivity contribution in [2.75, 3.05) is 36.0 Å². The third-order valence-corrected chi connectivity index (χ3v) is 4.80. The van der Waals surface area contributed by atoms with E-state index < -0.39 is 0 Å². The van der Waals surface area contributed by atoms with Crippen molar-refractivity contribution >= 4 is 22.3 Å². The summed E-state index contributed by atoms with van der Waals surface area (Å²) >= 11 is 0. The van der Waals surface area contributed by atoms with Crippen LogP contribution in [-0.2, 0) is 0 Å². The number of aryl methyl sites for hydroxylation is 1. The molecule has 4 heteroatoms. The zero-order valence-corrected chi connectivity index (χ0v) is 14.3. The topological polar surface area (TPSA) is 43.2 Å². The lowest BCUT2D eigenvalue weighted by Gasteiger charge is -2.38. The van der Waals surface area contributed by atoms with Crippen LogP contribution in [0.1, 0.15) is 11.3 Å². The maximum atomic E-state index is 9.30. The van der Waals surface area contributed by atoms with Crippen molar-refractivity contribution in [1.29, 1.82) is 5.26 Å². The fraction of sp³-hybridized carbons (Fsp3) is 0.238. The van der Waals surface area contributed by atoms with Crippen LogP contribution < -0.4 is 9.80 Å². The standard InChI is InChI=1S/C21H20N4/c1-16-5-4-6-18(13-16)24-9-11-25(12-10-24)21-14-17(15-22)23-20-8-3-2-7-19(20)21/h2-8,13-14H,9-12H2,1H3. The van der Waals surface area contributed by atoms with E-state index in [-0.39, 0.29) is 0 Å². The minimum atomic E-state index is 0.481. The lowest BCUT2D eigenvalue weighted by atomic mass is 10.1. The second-order valence-electron chi connectivity index (χ2n) is 6.47. The largest absolute Gasteiger partial charge is 0.368 e. The van der Waals surface area contributed by atoms with Crippen LogP contribution in [0.3, 0.4) is 0 Å². The molecule has 3 aromatic rings. The number of hydrogen-bond acceptors (Lipinski definition) is 4. The summed E-state index contributed by atoms with van der Waals surface area (Å²) in [5, 5.41) is 10.4. The average Bonchev–Trinajstić information content (AvgIpc) is 2.67. The molecule has 2 aromatic carbocycles. The number of benzene rings is 2. The first-order chi connectivity index (χ1) is 12.2. The third-order valence-electron chi connectivity index (χ3n) is 4.80. The fourth-order valence-corrected chi connectivity index (χ4v) is 3.51. The van der Waals surface area contributed by atoms with Crippen molar-refractivity contribution < 1.29 is 0 Å². The highest BCUT2D eigenvalue weighted by molar-refractivity contribution is 5.92. The van der Waals surface area contributed by atoms with Crippen LogP contribution in [0, 0.1) is 18.3 Å². The molecule has 0 unspecified atom stereocenters.